The fourth-order valence-electron chi connectivity index (χ4n) is 1.03. The number of anilines is 1. The first-order valence-electron chi connectivity index (χ1n) is 4.75. The van der Waals surface area contributed by atoms with Crippen molar-refractivity contribution >= 4 is 23.3 Å². The molecule has 1 rings (SSSR count). The first-order valence-corrected chi connectivity index (χ1v) is 5.13. The molecule has 0 atom stereocenters. The first kappa shape index (κ1) is 12.5. The molecule has 0 unspecified atom stereocenters. The van der Waals surface area contributed by atoms with E-state index in [1.165, 1.54) is 13.3 Å². The predicted molar refractivity (Wildman–Crippen MR) is 63.3 cm³/mol. The van der Waals surface area contributed by atoms with Gasteiger partial charge in [-0.25, -0.2) is 4.98 Å². The molecule has 0 radical (unpaired) electrons. The maximum atomic E-state index is 11.5. The lowest BCUT2D eigenvalue weighted by Crippen LogP contribution is -2.12. The highest BCUT2D eigenvalue weighted by Crippen LogP contribution is 2.12. The average Bonchev–Trinajstić information content (AvgIpc) is 2.26. The molecule has 1 aromatic heterocycles. The van der Waals surface area contributed by atoms with Gasteiger partial charge in [0.15, 0.2) is 0 Å². The molecule has 1 aromatic rings. The highest BCUT2D eigenvalue weighted by atomic mass is 35.5. The van der Waals surface area contributed by atoms with Crippen molar-refractivity contribution in [1.82, 2.24) is 4.98 Å². The molecule has 0 spiro atoms. The van der Waals surface area contributed by atoms with Gasteiger partial charge in [-0.05, 0) is 12.1 Å². The third kappa shape index (κ3) is 4.31. The van der Waals surface area contributed by atoms with Crippen molar-refractivity contribution in [2.45, 2.75) is 12.8 Å². The summed E-state index contributed by atoms with van der Waals surface area (Å²) in [6, 6.07) is 3.23. The van der Waals surface area contributed by atoms with E-state index in [0.29, 0.717) is 29.4 Å². The Hall–Kier alpha value is -1.55. The lowest BCUT2D eigenvalue weighted by Gasteiger charge is -2.05. The van der Waals surface area contributed by atoms with E-state index in [9.17, 15) is 4.79 Å². The van der Waals surface area contributed by atoms with Crippen LogP contribution in [0.4, 0.5) is 5.82 Å². The number of amides is 1. The second kappa shape index (κ2) is 6.12. The number of methoxy groups -OCH3 is 1. The Morgan fingerprint density at radius 3 is 3.00 bits per heavy atom. The lowest BCUT2D eigenvalue weighted by atomic mass is 10.2. The lowest BCUT2D eigenvalue weighted by molar-refractivity contribution is -0.116. The third-order valence-corrected chi connectivity index (χ3v) is 2.14. The van der Waals surface area contributed by atoms with Gasteiger partial charge in [0.05, 0.1) is 12.9 Å². The van der Waals surface area contributed by atoms with Crippen LogP contribution in [0.15, 0.2) is 30.7 Å². The number of hydrogen-bond acceptors (Lipinski definition) is 3. The molecule has 0 aliphatic rings. The first-order chi connectivity index (χ1) is 7.61. The maximum absolute atomic E-state index is 11.5. The highest BCUT2D eigenvalue weighted by molar-refractivity contribution is 6.30. The molecule has 0 aromatic carbocycles. The van der Waals surface area contributed by atoms with Gasteiger partial charge in [-0.15, -0.1) is 0 Å². The normalized spacial score (nSPS) is 9.62. The van der Waals surface area contributed by atoms with Crippen molar-refractivity contribution in [2.24, 2.45) is 0 Å². The smallest absolute Gasteiger partial charge is 0.225 e. The molecule has 16 heavy (non-hydrogen) atoms. The number of pyridine rings is 1. The molecule has 0 saturated heterocycles. The monoisotopic (exact) mass is 240 g/mol. The van der Waals surface area contributed by atoms with Gasteiger partial charge in [0.1, 0.15) is 5.82 Å². The molecule has 0 saturated carbocycles. The number of carbonyl (C=O) groups is 1. The van der Waals surface area contributed by atoms with Crippen LogP contribution in [0.3, 0.4) is 0 Å². The Kier molecular flexibility index (Phi) is 4.79. The minimum Gasteiger partial charge on any atom is -0.502 e. The fourth-order valence-corrected chi connectivity index (χ4v) is 1.19. The Labute approximate surface area is 99.3 Å². The van der Waals surface area contributed by atoms with Crippen LogP contribution in [-0.2, 0) is 9.53 Å². The second-order valence-electron chi connectivity index (χ2n) is 3.15. The largest absolute Gasteiger partial charge is 0.502 e. The highest BCUT2D eigenvalue weighted by Gasteiger charge is 2.04. The average molecular weight is 241 g/mol. The number of nitrogens with one attached hydrogen (secondary N) is 1. The van der Waals surface area contributed by atoms with E-state index < -0.39 is 0 Å². The maximum Gasteiger partial charge on any atom is 0.225 e. The van der Waals surface area contributed by atoms with Gasteiger partial charge in [0.25, 0.3) is 0 Å². The number of halogens is 1. The number of ether oxygens (including phenoxy) is 1. The van der Waals surface area contributed by atoms with Gasteiger partial charge in [-0.1, -0.05) is 18.2 Å². The Morgan fingerprint density at radius 1 is 1.62 bits per heavy atom. The van der Waals surface area contributed by atoms with E-state index in [0.717, 1.165) is 0 Å². The van der Waals surface area contributed by atoms with E-state index in [4.69, 9.17) is 16.3 Å². The van der Waals surface area contributed by atoms with Gasteiger partial charge in [0.2, 0.25) is 5.91 Å². The molecule has 5 heteroatoms. The quantitative estimate of drug-likeness (QED) is 0.805. The van der Waals surface area contributed by atoms with Crippen molar-refractivity contribution in [2.75, 3.05) is 12.4 Å². The number of aromatic nitrogens is 1. The molecule has 4 nitrogen and oxygen atoms in total. The number of carbonyl (C=O) groups excluding carboxylic acids is 1. The topological polar surface area (TPSA) is 51.2 Å². The summed E-state index contributed by atoms with van der Waals surface area (Å²) < 4.78 is 4.86. The molecule has 0 fully saturated rings. The van der Waals surface area contributed by atoms with E-state index in [1.54, 1.807) is 12.1 Å². The summed E-state index contributed by atoms with van der Waals surface area (Å²) >= 11 is 5.75. The summed E-state index contributed by atoms with van der Waals surface area (Å²) in [7, 11) is 1.53. The third-order valence-electron chi connectivity index (χ3n) is 1.91. The molecular weight excluding hydrogens is 228 g/mol. The number of nitrogens with zero attached hydrogens (tertiary/aromatic N) is 1. The van der Waals surface area contributed by atoms with Gasteiger partial charge in [-0.3, -0.25) is 4.79 Å². The van der Waals surface area contributed by atoms with Gasteiger partial charge < -0.3 is 10.1 Å². The standard InChI is InChI=1S/C11H13ClN2O2/c1-8(16-2)3-4-11(15)14-10-7-9(12)5-6-13-10/h5-7H,1,3-4H2,2H3,(H,13,14,15). The van der Waals surface area contributed by atoms with Crippen molar-refractivity contribution in [3.63, 3.8) is 0 Å². The molecule has 0 aliphatic carbocycles. The zero-order valence-electron chi connectivity index (χ0n) is 9.00. The molecule has 1 amide bonds. The van der Waals surface area contributed by atoms with Crippen molar-refractivity contribution < 1.29 is 9.53 Å². The van der Waals surface area contributed by atoms with Gasteiger partial charge in [0, 0.05) is 24.1 Å². The molecule has 1 heterocycles. The summed E-state index contributed by atoms with van der Waals surface area (Å²) in [4.78, 5) is 15.4. The summed E-state index contributed by atoms with van der Waals surface area (Å²) in [5.41, 5.74) is 0. The van der Waals surface area contributed by atoms with E-state index in [-0.39, 0.29) is 5.91 Å². The van der Waals surface area contributed by atoms with E-state index >= 15 is 0 Å². The van der Waals surface area contributed by atoms with Gasteiger partial charge in [-0.2, -0.15) is 0 Å². The fraction of sp³-hybridized carbons (Fsp3) is 0.273. The number of hydrogen-bond donors (Lipinski definition) is 1. The van der Waals surface area contributed by atoms with Crippen LogP contribution >= 0.6 is 11.6 Å². The molecular formula is C11H13ClN2O2. The summed E-state index contributed by atoms with van der Waals surface area (Å²) in [5.74, 6) is 0.877. The van der Waals surface area contributed by atoms with Gasteiger partial charge >= 0.3 is 0 Å². The Bertz CT molecular complexity index is 393. The van der Waals surface area contributed by atoms with E-state index in [1.807, 2.05) is 0 Å². The van der Waals surface area contributed by atoms with Crippen LogP contribution in [0.5, 0.6) is 0 Å². The SMILES string of the molecule is C=C(CCC(=O)Nc1cc(Cl)ccn1)OC. The minimum absolute atomic E-state index is 0.145. The van der Waals surface area contributed by atoms with Crippen LogP contribution in [0.1, 0.15) is 12.8 Å². The molecule has 0 bridgehead atoms. The summed E-state index contributed by atoms with van der Waals surface area (Å²) in [6.07, 6.45) is 2.33. The molecule has 0 aliphatic heterocycles. The number of allylic oxidation sites excluding steroid dienone is 1. The van der Waals surface area contributed by atoms with Crippen LogP contribution in [0, 0.1) is 0 Å². The van der Waals surface area contributed by atoms with Crippen molar-refractivity contribution in [1.29, 1.82) is 0 Å². The van der Waals surface area contributed by atoms with Crippen LogP contribution in [-0.4, -0.2) is 18.0 Å². The van der Waals surface area contributed by atoms with E-state index in [2.05, 4.69) is 16.9 Å². The summed E-state index contributed by atoms with van der Waals surface area (Å²) in [6.45, 7) is 3.63. The summed E-state index contributed by atoms with van der Waals surface area (Å²) in [5, 5.41) is 3.16. The van der Waals surface area contributed by atoms with Crippen LogP contribution < -0.4 is 5.32 Å². The van der Waals surface area contributed by atoms with Crippen molar-refractivity contribution in [3.8, 4) is 0 Å². The number of rotatable bonds is 5. The predicted octanol–water partition coefficient (Wildman–Crippen LogP) is 2.61. The minimum atomic E-state index is -0.145. The Balaban J connectivity index is 2.43. The zero-order valence-corrected chi connectivity index (χ0v) is 9.75. The van der Waals surface area contributed by atoms with Crippen LogP contribution in [0.2, 0.25) is 5.02 Å². The van der Waals surface area contributed by atoms with Crippen LogP contribution in [0.25, 0.3) is 0 Å². The molecule has 1 N–H and O–H groups in total. The van der Waals surface area contributed by atoms with Crippen molar-refractivity contribution in [3.05, 3.63) is 35.7 Å². The Morgan fingerprint density at radius 2 is 2.38 bits per heavy atom. The molecule has 86 valence electrons. The second-order valence-corrected chi connectivity index (χ2v) is 3.59. The zero-order chi connectivity index (χ0) is 12.0.